The van der Waals surface area contributed by atoms with Crippen LogP contribution in [0.25, 0.3) is 0 Å². The van der Waals surface area contributed by atoms with Crippen molar-refractivity contribution in [2.24, 2.45) is 0 Å². The van der Waals surface area contributed by atoms with Crippen LogP contribution in [0.1, 0.15) is 6.92 Å². The van der Waals surface area contributed by atoms with E-state index < -0.39 is 0 Å². The normalized spacial score (nSPS) is 9.89. The molecule has 100 valence electrons. The summed E-state index contributed by atoms with van der Waals surface area (Å²) >= 11 is 0. The maximum atomic E-state index is 11.4. The molecule has 5 heteroatoms. The molecule has 1 aromatic carbocycles. The molecule has 1 amide bonds. The number of hydrogen-bond acceptors (Lipinski definition) is 4. The van der Waals surface area contributed by atoms with Crippen LogP contribution in [0.15, 0.2) is 24.3 Å². The Morgan fingerprint density at radius 1 is 1.39 bits per heavy atom. The summed E-state index contributed by atoms with van der Waals surface area (Å²) in [6.07, 6.45) is 0. The van der Waals surface area contributed by atoms with Crippen LogP contribution in [-0.2, 0) is 9.53 Å². The molecule has 0 fully saturated rings. The summed E-state index contributed by atoms with van der Waals surface area (Å²) in [5.74, 6) is 0.733. The van der Waals surface area contributed by atoms with E-state index in [-0.39, 0.29) is 12.5 Å². The number of hydrogen-bond donors (Lipinski definition) is 2. The number of methoxy groups -OCH3 is 1. The lowest BCUT2D eigenvalue weighted by atomic mass is 10.3. The van der Waals surface area contributed by atoms with E-state index in [9.17, 15) is 4.79 Å². The average molecular weight is 252 g/mol. The lowest BCUT2D eigenvalue weighted by molar-refractivity contribution is -0.119. The fourth-order valence-electron chi connectivity index (χ4n) is 1.40. The Hall–Kier alpha value is -1.75. The van der Waals surface area contributed by atoms with E-state index in [0.717, 1.165) is 11.4 Å². The van der Waals surface area contributed by atoms with Gasteiger partial charge < -0.3 is 20.1 Å². The van der Waals surface area contributed by atoms with Gasteiger partial charge in [0.1, 0.15) is 5.75 Å². The summed E-state index contributed by atoms with van der Waals surface area (Å²) in [7, 11) is 1.60. The lowest BCUT2D eigenvalue weighted by Crippen LogP contribution is -2.32. The third-order valence-corrected chi connectivity index (χ3v) is 2.23. The summed E-state index contributed by atoms with van der Waals surface area (Å²) in [6.45, 7) is 3.84. The van der Waals surface area contributed by atoms with E-state index in [2.05, 4.69) is 10.6 Å². The monoisotopic (exact) mass is 252 g/mol. The van der Waals surface area contributed by atoms with Gasteiger partial charge in [-0.2, -0.15) is 0 Å². The molecule has 0 aliphatic heterocycles. The molecule has 0 heterocycles. The number of ether oxygens (including phenoxy) is 2. The first-order chi connectivity index (χ1) is 8.76. The van der Waals surface area contributed by atoms with Gasteiger partial charge in [-0.25, -0.2) is 0 Å². The predicted octanol–water partition coefficient (Wildman–Crippen LogP) is 1.26. The highest BCUT2D eigenvalue weighted by Gasteiger charge is 2.01. The van der Waals surface area contributed by atoms with Crippen LogP contribution < -0.4 is 15.4 Å². The van der Waals surface area contributed by atoms with Crippen LogP contribution in [0, 0.1) is 0 Å². The number of carbonyl (C=O) groups excluding carboxylic acids is 1. The van der Waals surface area contributed by atoms with Gasteiger partial charge in [0.05, 0.1) is 19.8 Å². The molecule has 1 rings (SSSR count). The van der Waals surface area contributed by atoms with Crippen molar-refractivity contribution in [2.45, 2.75) is 6.92 Å². The van der Waals surface area contributed by atoms with Gasteiger partial charge >= 0.3 is 0 Å². The number of nitrogens with one attached hydrogen (secondary N) is 2. The first kappa shape index (κ1) is 14.3. The largest absolute Gasteiger partial charge is 0.494 e. The maximum absolute atomic E-state index is 11.4. The molecule has 0 radical (unpaired) electrons. The lowest BCUT2D eigenvalue weighted by Gasteiger charge is -2.09. The Bertz CT molecular complexity index is 369. The molecule has 18 heavy (non-hydrogen) atoms. The zero-order valence-corrected chi connectivity index (χ0v) is 10.9. The molecule has 0 spiro atoms. The number of anilines is 1. The van der Waals surface area contributed by atoms with Crippen LogP contribution in [0.2, 0.25) is 0 Å². The summed E-state index contributed by atoms with van der Waals surface area (Å²) in [6, 6.07) is 7.53. The molecule has 2 N–H and O–H groups in total. The molecule has 0 bridgehead atoms. The Morgan fingerprint density at radius 2 is 2.22 bits per heavy atom. The van der Waals surface area contributed by atoms with Gasteiger partial charge in [0, 0.05) is 25.4 Å². The van der Waals surface area contributed by atoms with E-state index >= 15 is 0 Å². The maximum Gasteiger partial charge on any atom is 0.239 e. The van der Waals surface area contributed by atoms with Gasteiger partial charge in [-0.3, -0.25) is 4.79 Å². The SMILES string of the molecule is CCOc1cccc(NCC(=O)NCCOC)c1. The zero-order valence-electron chi connectivity index (χ0n) is 10.9. The van der Waals surface area contributed by atoms with Crippen LogP contribution in [-0.4, -0.2) is 39.3 Å². The quantitative estimate of drug-likeness (QED) is 0.684. The van der Waals surface area contributed by atoms with Crippen molar-refractivity contribution in [3.05, 3.63) is 24.3 Å². The topological polar surface area (TPSA) is 59.6 Å². The third kappa shape index (κ3) is 5.54. The van der Waals surface area contributed by atoms with Gasteiger partial charge in [-0.15, -0.1) is 0 Å². The van der Waals surface area contributed by atoms with Gasteiger partial charge in [-0.05, 0) is 19.1 Å². The Labute approximate surface area is 107 Å². The first-order valence-corrected chi connectivity index (χ1v) is 5.98. The summed E-state index contributed by atoms with van der Waals surface area (Å²) in [4.78, 5) is 11.4. The van der Waals surface area contributed by atoms with Crippen molar-refractivity contribution in [2.75, 3.05) is 38.7 Å². The highest BCUT2D eigenvalue weighted by molar-refractivity contribution is 5.80. The number of amides is 1. The Balaban J connectivity index is 2.33. The molecule has 1 aromatic rings. The second-order valence-electron chi connectivity index (χ2n) is 3.66. The molecular formula is C13H20N2O3. The van der Waals surface area contributed by atoms with Crippen molar-refractivity contribution >= 4 is 11.6 Å². The molecule has 0 unspecified atom stereocenters. The molecule has 0 saturated carbocycles. The minimum atomic E-state index is -0.0612. The number of carbonyl (C=O) groups is 1. The summed E-state index contributed by atoms with van der Waals surface area (Å²) in [5, 5.41) is 5.77. The molecule has 0 atom stereocenters. The van der Waals surface area contributed by atoms with Gasteiger partial charge in [-0.1, -0.05) is 6.07 Å². The standard InChI is InChI=1S/C13H20N2O3/c1-3-18-12-6-4-5-11(9-12)15-10-13(16)14-7-8-17-2/h4-6,9,15H,3,7-8,10H2,1-2H3,(H,14,16). The molecule has 0 aromatic heterocycles. The highest BCUT2D eigenvalue weighted by Crippen LogP contribution is 2.16. The second-order valence-corrected chi connectivity index (χ2v) is 3.66. The molecule has 0 saturated heterocycles. The van der Waals surface area contributed by atoms with Gasteiger partial charge in [0.25, 0.3) is 0 Å². The molecule has 5 nitrogen and oxygen atoms in total. The smallest absolute Gasteiger partial charge is 0.239 e. The van der Waals surface area contributed by atoms with Crippen molar-refractivity contribution in [3.8, 4) is 5.75 Å². The van der Waals surface area contributed by atoms with E-state index in [4.69, 9.17) is 9.47 Å². The molecule has 0 aliphatic carbocycles. The first-order valence-electron chi connectivity index (χ1n) is 5.98. The minimum absolute atomic E-state index is 0.0612. The second kappa shape index (κ2) is 8.36. The van der Waals surface area contributed by atoms with E-state index in [0.29, 0.717) is 19.8 Å². The van der Waals surface area contributed by atoms with E-state index in [1.807, 2.05) is 31.2 Å². The third-order valence-electron chi connectivity index (χ3n) is 2.23. The molecular weight excluding hydrogens is 232 g/mol. The van der Waals surface area contributed by atoms with Crippen LogP contribution in [0.5, 0.6) is 5.75 Å². The number of rotatable bonds is 8. The van der Waals surface area contributed by atoms with Crippen molar-refractivity contribution in [3.63, 3.8) is 0 Å². The van der Waals surface area contributed by atoms with Gasteiger partial charge in [0.15, 0.2) is 0 Å². The van der Waals surface area contributed by atoms with E-state index in [1.54, 1.807) is 7.11 Å². The Kier molecular flexibility index (Phi) is 6.64. The fraction of sp³-hybridized carbons (Fsp3) is 0.462. The zero-order chi connectivity index (χ0) is 13.2. The number of benzene rings is 1. The van der Waals surface area contributed by atoms with Crippen LogP contribution >= 0.6 is 0 Å². The Morgan fingerprint density at radius 3 is 2.94 bits per heavy atom. The summed E-state index contributed by atoms with van der Waals surface area (Å²) in [5.41, 5.74) is 0.864. The predicted molar refractivity (Wildman–Crippen MR) is 71.0 cm³/mol. The fourth-order valence-corrected chi connectivity index (χ4v) is 1.40. The van der Waals surface area contributed by atoms with Crippen molar-refractivity contribution in [1.29, 1.82) is 0 Å². The van der Waals surface area contributed by atoms with Crippen molar-refractivity contribution in [1.82, 2.24) is 5.32 Å². The van der Waals surface area contributed by atoms with Crippen LogP contribution in [0.3, 0.4) is 0 Å². The summed E-state index contributed by atoms with van der Waals surface area (Å²) < 4.78 is 10.2. The molecule has 0 aliphatic rings. The highest BCUT2D eigenvalue weighted by atomic mass is 16.5. The average Bonchev–Trinajstić information content (AvgIpc) is 2.38. The van der Waals surface area contributed by atoms with E-state index in [1.165, 1.54) is 0 Å². The van der Waals surface area contributed by atoms with Gasteiger partial charge in [0.2, 0.25) is 5.91 Å². The minimum Gasteiger partial charge on any atom is -0.494 e. The van der Waals surface area contributed by atoms with Crippen molar-refractivity contribution < 1.29 is 14.3 Å². The van der Waals surface area contributed by atoms with Crippen LogP contribution in [0.4, 0.5) is 5.69 Å².